The molecular formula is C11H17N3O. The Morgan fingerprint density at radius 1 is 1.40 bits per heavy atom. The minimum absolute atomic E-state index is 0.177. The quantitative estimate of drug-likeness (QED) is 0.778. The molecule has 1 rings (SSSR count). The molecule has 1 amide bonds. The van der Waals surface area contributed by atoms with Crippen molar-refractivity contribution in [3.05, 3.63) is 24.3 Å². The first-order chi connectivity index (χ1) is 7.02. The van der Waals surface area contributed by atoms with Crippen LogP contribution in [0.3, 0.4) is 0 Å². The Hall–Kier alpha value is -1.55. The van der Waals surface area contributed by atoms with Crippen LogP contribution in [0.15, 0.2) is 24.3 Å². The first kappa shape index (κ1) is 11.5. The largest absolute Gasteiger partial charge is 0.376 e. The second kappa shape index (κ2) is 4.79. The summed E-state index contributed by atoms with van der Waals surface area (Å²) in [5.41, 5.74) is 7.23. The molecule has 0 fully saturated rings. The van der Waals surface area contributed by atoms with E-state index in [-0.39, 0.29) is 5.91 Å². The zero-order chi connectivity index (χ0) is 11.4. The highest BCUT2D eigenvalue weighted by atomic mass is 16.2. The number of hydrogen-bond acceptors (Lipinski definition) is 3. The summed E-state index contributed by atoms with van der Waals surface area (Å²) in [4.78, 5) is 13.4. The molecule has 0 saturated heterocycles. The van der Waals surface area contributed by atoms with Gasteiger partial charge in [-0.25, -0.2) is 0 Å². The van der Waals surface area contributed by atoms with E-state index in [1.807, 2.05) is 43.3 Å². The van der Waals surface area contributed by atoms with E-state index in [4.69, 9.17) is 5.73 Å². The number of para-hydroxylation sites is 2. The minimum Gasteiger partial charge on any atom is -0.376 e. The van der Waals surface area contributed by atoms with E-state index in [2.05, 4.69) is 5.32 Å². The molecule has 15 heavy (non-hydrogen) atoms. The normalized spacial score (nSPS) is 12.0. The Bertz CT molecular complexity index is 347. The molecule has 1 aromatic carbocycles. The van der Waals surface area contributed by atoms with E-state index in [1.165, 1.54) is 0 Å². The van der Waals surface area contributed by atoms with Crippen molar-refractivity contribution in [2.75, 3.05) is 24.3 Å². The molecular weight excluding hydrogens is 190 g/mol. The standard InChI is InChI=1S/C11H17N3O/c1-8(12)11(15)13-9-6-4-5-7-10(9)14(2)3/h4-8H,12H2,1-3H3,(H,13,15)/t8-/m1/s1. The Labute approximate surface area is 90.1 Å². The summed E-state index contributed by atoms with van der Waals surface area (Å²) in [6.45, 7) is 1.66. The Morgan fingerprint density at radius 3 is 2.53 bits per heavy atom. The van der Waals surface area contributed by atoms with Gasteiger partial charge in [0.15, 0.2) is 0 Å². The van der Waals surface area contributed by atoms with Crippen LogP contribution in [0, 0.1) is 0 Å². The lowest BCUT2D eigenvalue weighted by Crippen LogP contribution is -2.32. The fourth-order valence-electron chi connectivity index (χ4n) is 1.22. The molecule has 0 radical (unpaired) electrons. The number of carbonyl (C=O) groups excluding carboxylic acids is 1. The maximum atomic E-state index is 11.4. The van der Waals surface area contributed by atoms with Crippen LogP contribution in [0.4, 0.5) is 11.4 Å². The van der Waals surface area contributed by atoms with E-state index in [0.29, 0.717) is 0 Å². The second-order valence-corrected chi connectivity index (χ2v) is 3.69. The smallest absolute Gasteiger partial charge is 0.241 e. The van der Waals surface area contributed by atoms with Crippen LogP contribution < -0.4 is 16.0 Å². The van der Waals surface area contributed by atoms with Crippen LogP contribution in [-0.4, -0.2) is 26.0 Å². The number of anilines is 2. The maximum Gasteiger partial charge on any atom is 0.241 e. The molecule has 0 saturated carbocycles. The van der Waals surface area contributed by atoms with Crippen molar-refractivity contribution in [1.29, 1.82) is 0 Å². The van der Waals surface area contributed by atoms with Crippen molar-refractivity contribution < 1.29 is 4.79 Å². The Balaban J connectivity index is 2.89. The third-order valence-corrected chi connectivity index (χ3v) is 2.06. The van der Waals surface area contributed by atoms with Crippen LogP contribution in [0.2, 0.25) is 0 Å². The summed E-state index contributed by atoms with van der Waals surface area (Å²) in [6, 6.07) is 7.10. The van der Waals surface area contributed by atoms with Gasteiger partial charge in [0.05, 0.1) is 17.4 Å². The molecule has 82 valence electrons. The van der Waals surface area contributed by atoms with Gasteiger partial charge in [-0.2, -0.15) is 0 Å². The zero-order valence-corrected chi connectivity index (χ0v) is 9.32. The second-order valence-electron chi connectivity index (χ2n) is 3.69. The minimum atomic E-state index is -0.500. The highest BCUT2D eigenvalue weighted by Gasteiger charge is 2.10. The van der Waals surface area contributed by atoms with Crippen LogP contribution in [0.1, 0.15) is 6.92 Å². The highest BCUT2D eigenvalue weighted by Crippen LogP contribution is 2.23. The lowest BCUT2D eigenvalue weighted by Gasteiger charge is -2.18. The molecule has 0 aliphatic carbocycles. The van der Waals surface area contributed by atoms with Gasteiger partial charge in [-0.1, -0.05) is 12.1 Å². The van der Waals surface area contributed by atoms with Gasteiger partial charge in [-0.05, 0) is 19.1 Å². The number of rotatable bonds is 3. The predicted octanol–water partition coefficient (Wildman–Crippen LogP) is 1.04. The van der Waals surface area contributed by atoms with Gasteiger partial charge in [0.1, 0.15) is 0 Å². The summed E-state index contributed by atoms with van der Waals surface area (Å²) in [5, 5.41) is 2.79. The van der Waals surface area contributed by atoms with E-state index in [9.17, 15) is 4.79 Å². The maximum absolute atomic E-state index is 11.4. The van der Waals surface area contributed by atoms with Gasteiger partial charge >= 0.3 is 0 Å². The molecule has 4 heteroatoms. The Kier molecular flexibility index (Phi) is 3.68. The van der Waals surface area contributed by atoms with Crippen LogP contribution in [-0.2, 0) is 4.79 Å². The van der Waals surface area contributed by atoms with Gasteiger partial charge in [-0.3, -0.25) is 4.79 Å². The highest BCUT2D eigenvalue weighted by molar-refractivity contribution is 5.97. The number of benzene rings is 1. The van der Waals surface area contributed by atoms with E-state index >= 15 is 0 Å². The molecule has 0 aliphatic rings. The molecule has 0 bridgehead atoms. The summed E-state index contributed by atoms with van der Waals surface area (Å²) in [5.74, 6) is -0.177. The van der Waals surface area contributed by atoms with E-state index in [0.717, 1.165) is 11.4 Å². The molecule has 0 unspecified atom stereocenters. The van der Waals surface area contributed by atoms with Gasteiger partial charge in [0, 0.05) is 14.1 Å². The van der Waals surface area contributed by atoms with Crippen molar-refractivity contribution in [3.63, 3.8) is 0 Å². The lowest BCUT2D eigenvalue weighted by molar-refractivity contribution is -0.117. The molecule has 4 nitrogen and oxygen atoms in total. The molecule has 1 aromatic rings. The predicted molar refractivity (Wildman–Crippen MR) is 63.0 cm³/mol. The number of amides is 1. The number of carbonyl (C=O) groups is 1. The summed E-state index contributed by atoms with van der Waals surface area (Å²) < 4.78 is 0. The molecule has 0 aromatic heterocycles. The SMILES string of the molecule is C[C@@H](N)C(=O)Nc1ccccc1N(C)C. The van der Waals surface area contributed by atoms with Gasteiger partial charge in [0.25, 0.3) is 0 Å². The monoisotopic (exact) mass is 207 g/mol. The lowest BCUT2D eigenvalue weighted by atomic mass is 10.2. The summed E-state index contributed by atoms with van der Waals surface area (Å²) in [7, 11) is 3.85. The van der Waals surface area contributed by atoms with Gasteiger partial charge in [-0.15, -0.1) is 0 Å². The average Bonchev–Trinajstić information content (AvgIpc) is 2.18. The fraction of sp³-hybridized carbons (Fsp3) is 0.364. The molecule has 0 heterocycles. The topological polar surface area (TPSA) is 58.4 Å². The summed E-state index contributed by atoms with van der Waals surface area (Å²) >= 11 is 0. The van der Waals surface area contributed by atoms with Crippen molar-refractivity contribution in [1.82, 2.24) is 0 Å². The van der Waals surface area contributed by atoms with Gasteiger partial charge < -0.3 is 16.0 Å². The van der Waals surface area contributed by atoms with Crippen molar-refractivity contribution >= 4 is 17.3 Å². The van der Waals surface area contributed by atoms with Crippen LogP contribution in [0.5, 0.6) is 0 Å². The van der Waals surface area contributed by atoms with Gasteiger partial charge in [0.2, 0.25) is 5.91 Å². The number of nitrogens with zero attached hydrogens (tertiary/aromatic N) is 1. The number of hydrogen-bond donors (Lipinski definition) is 2. The number of nitrogens with one attached hydrogen (secondary N) is 1. The zero-order valence-electron chi connectivity index (χ0n) is 9.32. The summed E-state index contributed by atoms with van der Waals surface area (Å²) in [6.07, 6.45) is 0. The third-order valence-electron chi connectivity index (χ3n) is 2.06. The Morgan fingerprint density at radius 2 is 2.00 bits per heavy atom. The third kappa shape index (κ3) is 2.95. The molecule has 0 aliphatic heterocycles. The van der Waals surface area contributed by atoms with E-state index in [1.54, 1.807) is 6.92 Å². The first-order valence-electron chi connectivity index (χ1n) is 4.85. The van der Waals surface area contributed by atoms with Crippen LogP contribution in [0.25, 0.3) is 0 Å². The molecule has 1 atom stereocenters. The number of nitrogens with two attached hydrogens (primary N) is 1. The van der Waals surface area contributed by atoms with Crippen LogP contribution >= 0.6 is 0 Å². The van der Waals surface area contributed by atoms with Crippen molar-refractivity contribution in [2.24, 2.45) is 5.73 Å². The molecule has 0 spiro atoms. The molecule has 3 N–H and O–H groups in total. The van der Waals surface area contributed by atoms with Crippen molar-refractivity contribution in [2.45, 2.75) is 13.0 Å². The van der Waals surface area contributed by atoms with Crippen molar-refractivity contribution in [3.8, 4) is 0 Å². The van der Waals surface area contributed by atoms with E-state index < -0.39 is 6.04 Å². The average molecular weight is 207 g/mol. The fourth-order valence-corrected chi connectivity index (χ4v) is 1.22. The first-order valence-corrected chi connectivity index (χ1v) is 4.85.